The van der Waals surface area contributed by atoms with Gasteiger partial charge in [-0.25, -0.2) is 0 Å². The molecule has 1 aliphatic heterocycles. The SMILES string of the molecule is CC(c1ccc(Br)cc1)N1CCC(CNC2CC2)C1. The fraction of sp³-hybridized carbons (Fsp3) is 0.625. The van der Waals surface area contributed by atoms with Crippen molar-refractivity contribution in [2.75, 3.05) is 19.6 Å². The number of hydrogen-bond donors (Lipinski definition) is 1. The maximum atomic E-state index is 3.67. The van der Waals surface area contributed by atoms with Crippen molar-refractivity contribution < 1.29 is 0 Å². The van der Waals surface area contributed by atoms with Crippen molar-refractivity contribution in [3.05, 3.63) is 34.3 Å². The minimum atomic E-state index is 0.541. The smallest absolute Gasteiger partial charge is 0.0320 e. The van der Waals surface area contributed by atoms with E-state index in [4.69, 9.17) is 0 Å². The summed E-state index contributed by atoms with van der Waals surface area (Å²) < 4.78 is 1.16. The first-order chi connectivity index (χ1) is 9.22. The van der Waals surface area contributed by atoms with E-state index in [1.165, 1.54) is 44.5 Å². The fourth-order valence-corrected chi connectivity index (χ4v) is 3.22. The summed E-state index contributed by atoms with van der Waals surface area (Å²) in [4.78, 5) is 2.63. The van der Waals surface area contributed by atoms with Gasteiger partial charge in [-0.1, -0.05) is 28.1 Å². The molecule has 2 aliphatic rings. The van der Waals surface area contributed by atoms with Crippen LogP contribution in [0.3, 0.4) is 0 Å². The van der Waals surface area contributed by atoms with Crippen molar-refractivity contribution >= 4 is 15.9 Å². The zero-order valence-electron chi connectivity index (χ0n) is 11.6. The van der Waals surface area contributed by atoms with E-state index < -0.39 is 0 Å². The Morgan fingerprint density at radius 3 is 2.68 bits per heavy atom. The van der Waals surface area contributed by atoms with Crippen LogP contribution in [0, 0.1) is 5.92 Å². The summed E-state index contributed by atoms with van der Waals surface area (Å²) in [6.45, 7) is 6.04. The number of rotatable bonds is 5. The van der Waals surface area contributed by atoms with Gasteiger partial charge in [0.15, 0.2) is 0 Å². The third kappa shape index (κ3) is 3.59. The van der Waals surface area contributed by atoms with E-state index in [1.54, 1.807) is 0 Å². The van der Waals surface area contributed by atoms with Gasteiger partial charge < -0.3 is 5.32 Å². The van der Waals surface area contributed by atoms with E-state index in [1.807, 2.05) is 0 Å². The summed E-state index contributed by atoms with van der Waals surface area (Å²) in [7, 11) is 0. The Bertz CT molecular complexity index is 413. The van der Waals surface area contributed by atoms with Gasteiger partial charge in [0.25, 0.3) is 0 Å². The highest BCUT2D eigenvalue weighted by atomic mass is 79.9. The largest absolute Gasteiger partial charge is 0.314 e. The van der Waals surface area contributed by atoms with E-state index in [2.05, 4.69) is 57.3 Å². The van der Waals surface area contributed by atoms with Crippen molar-refractivity contribution in [3.8, 4) is 0 Å². The first kappa shape index (κ1) is 13.6. The van der Waals surface area contributed by atoms with Crippen LogP contribution in [0.4, 0.5) is 0 Å². The summed E-state index contributed by atoms with van der Waals surface area (Å²) in [6.07, 6.45) is 4.14. The van der Waals surface area contributed by atoms with Crippen LogP contribution >= 0.6 is 15.9 Å². The normalized spacial score (nSPS) is 25.7. The number of halogens is 1. The van der Waals surface area contributed by atoms with Crippen molar-refractivity contribution in [2.24, 2.45) is 5.92 Å². The van der Waals surface area contributed by atoms with Crippen molar-refractivity contribution in [1.82, 2.24) is 10.2 Å². The lowest BCUT2D eigenvalue weighted by Crippen LogP contribution is -2.29. The van der Waals surface area contributed by atoms with Gasteiger partial charge in [-0.3, -0.25) is 4.90 Å². The summed E-state index contributed by atoms with van der Waals surface area (Å²) in [5.41, 5.74) is 1.43. The highest BCUT2D eigenvalue weighted by Gasteiger charge is 2.28. The minimum Gasteiger partial charge on any atom is -0.314 e. The first-order valence-corrected chi connectivity index (χ1v) is 8.24. The monoisotopic (exact) mass is 322 g/mol. The molecule has 104 valence electrons. The Labute approximate surface area is 124 Å². The molecule has 1 aliphatic carbocycles. The number of hydrogen-bond acceptors (Lipinski definition) is 2. The second-order valence-electron chi connectivity index (χ2n) is 6.06. The van der Waals surface area contributed by atoms with E-state index in [0.717, 1.165) is 16.4 Å². The second-order valence-corrected chi connectivity index (χ2v) is 6.98. The standard InChI is InChI=1S/C16H23BrN2/c1-12(14-2-4-15(17)5-3-14)19-9-8-13(11-19)10-18-16-6-7-16/h2-5,12-13,16,18H,6-11H2,1H3. The van der Waals surface area contributed by atoms with Gasteiger partial charge in [0.2, 0.25) is 0 Å². The van der Waals surface area contributed by atoms with E-state index in [-0.39, 0.29) is 0 Å². The van der Waals surface area contributed by atoms with Crippen LogP contribution in [0.15, 0.2) is 28.7 Å². The molecule has 3 heteroatoms. The fourth-order valence-electron chi connectivity index (χ4n) is 2.95. The summed E-state index contributed by atoms with van der Waals surface area (Å²) in [6, 6.07) is 10.2. The molecule has 1 saturated carbocycles. The van der Waals surface area contributed by atoms with Crippen molar-refractivity contribution in [2.45, 2.75) is 38.3 Å². The third-order valence-corrected chi connectivity index (χ3v) is 5.02. The lowest BCUT2D eigenvalue weighted by atomic mass is 10.1. The topological polar surface area (TPSA) is 15.3 Å². The highest BCUT2D eigenvalue weighted by molar-refractivity contribution is 9.10. The van der Waals surface area contributed by atoms with Gasteiger partial charge in [0, 0.05) is 23.1 Å². The van der Waals surface area contributed by atoms with E-state index in [0.29, 0.717) is 6.04 Å². The van der Waals surface area contributed by atoms with Crippen molar-refractivity contribution in [3.63, 3.8) is 0 Å². The number of nitrogens with zero attached hydrogens (tertiary/aromatic N) is 1. The quantitative estimate of drug-likeness (QED) is 0.891. The Hall–Kier alpha value is -0.380. The Kier molecular flexibility index (Phi) is 4.25. The maximum Gasteiger partial charge on any atom is 0.0320 e. The Morgan fingerprint density at radius 1 is 1.26 bits per heavy atom. The highest BCUT2D eigenvalue weighted by Crippen LogP contribution is 2.28. The lowest BCUT2D eigenvalue weighted by molar-refractivity contribution is 0.251. The molecule has 0 radical (unpaired) electrons. The zero-order valence-corrected chi connectivity index (χ0v) is 13.2. The molecule has 1 aromatic rings. The predicted octanol–water partition coefficient (Wildman–Crippen LogP) is 3.58. The van der Waals surface area contributed by atoms with Gasteiger partial charge >= 0.3 is 0 Å². The van der Waals surface area contributed by atoms with Crippen LogP contribution < -0.4 is 5.32 Å². The van der Waals surface area contributed by atoms with E-state index in [9.17, 15) is 0 Å². The number of benzene rings is 1. The van der Waals surface area contributed by atoms with Crippen LogP contribution in [0.2, 0.25) is 0 Å². The molecule has 2 atom stereocenters. The molecule has 0 aromatic heterocycles. The molecular weight excluding hydrogens is 300 g/mol. The van der Waals surface area contributed by atoms with Crippen LogP contribution in [-0.4, -0.2) is 30.6 Å². The van der Waals surface area contributed by atoms with E-state index >= 15 is 0 Å². The Morgan fingerprint density at radius 2 is 2.00 bits per heavy atom. The molecule has 1 aromatic carbocycles. The molecule has 3 rings (SSSR count). The summed E-state index contributed by atoms with van der Waals surface area (Å²) >= 11 is 3.51. The predicted molar refractivity (Wildman–Crippen MR) is 83.3 cm³/mol. The molecule has 0 bridgehead atoms. The lowest BCUT2D eigenvalue weighted by Gasteiger charge is -2.25. The van der Waals surface area contributed by atoms with Crippen molar-refractivity contribution in [1.29, 1.82) is 0 Å². The molecule has 0 amide bonds. The molecule has 1 heterocycles. The summed E-state index contributed by atoms with van der Waals surface area (Å²) in [5, 5.41) is 3.67. The molecule has 1 N–H and O–H groups in total. The van der Waals surface area contributed by atoms with Gasteiger partial charge in [-0.2, -0.15) is 0 Å². The molecule has 2 fully saturated rings. The number of nitrogens with one attached hydrogen (secondary N) is 1. The van der Waals surface area contributed by atoms with Crippen LogP contribution in [0.1, 0.15) is 37.8 Å². The molecule has 0 spiro atoms. The second kappa shape index (κ2) is 5.94. The van der Waals surface area contributed by atoms with Crippen LogP contribution in [0.25, 0.3) is 0 Å². The summed E-state index contributed by atoms with van der Waals surface area (Å²) in [5.74, 6) is 0.846. The van der Waals surface area contributed by atoms with Crippen LogP contribution in [0.5, 0.6) is 0 Å². The van der Waals surface area contributed by atoms with Gasteiger partial charge in [0.1, 0.15) is 0 Å². The molecular formula is C16H23BrN2. The third-order valence-electron chi connectivity index (χ3n) is 4.49. The van der Waals surface area contributed by atoms with Gasteiger partial charge in [-0.15, -0.1) is 0 Å². The number of likely N-dealkylation sites (tertiary alicyclic amines) is 1. The Balaban J connectivity index is 1.52. The maximum absolute atomic E-state index is 3.67. The molecule has 2 nitrogen and oxygen atoms in total. The molecule has 19 heavy (non-hydrogen) atoms. The molecule has 2 unspecified atom stereocenters. The molecule has 1 saturated heterocycles. The average molecular weight is 323 g/mol. The average Bonchev–Trinajstić information content (AvgIpc) is 3.13. The minimum absolute atomic E-state index is 0.541. The first-order valence-electron chi connectivity index (χ1n) is 7.45. The van der Waals surface area contributed by atoms with Crippen LogP contribution in [-0.2, 0) is 0 Å². The van der Waals surface area contributed by atoms with Gasteiger partial charge in [-0.05, 0) is 62.9 Å². The zero-order chi connectivity index (χ0) is 13.2. The van der Waals surface area contributed by atoms with Gasteiger partial charge in [0.05, 0.1) is 0 Å².